The lowest BCUT2D eigenvalue weighted by Crippen LogP contribution is -2.11. The first kappa shape index (κ1) is 20.8. The molecule has 1 aromatic heterocycles. The van der Waals surface area contributed by atoms with Crippen LogP contribution in [0.3, 0.4) is 0 Å². The normalized spacial score (nSPS) is 12.2. The summed E-state index contributed by atoms with van der Waals surface area (Å²) in [5, 5.41) is 1.07. The number of carbonyl (C=O) groups is 1. The molecule has 0 N–H and O–H groups in total. The fraction of sp³-hybridized carbons (Fsp3) is 0.320. The molecule has 0 atom stereocenters. The van der Waals surface area contributed by atoms with Crippen LogP contribution in [0.4, 0.5) is 4.39 Å². The van der Waals surface area contributed by atoms with Crippen molar-refractivity contribution in [2.24, 2.45) is 5.92 Å². The highest BCUT2D eigenvalue weighted by atomic mass is 19.1. The number of hydrogen-bond donors (Lipinski definition) is 0. The molecule has 0 amide bonds. The van der Waals surface area contributed by atoms with Gasteiger partial charge in [0, 0.05) is 28.1 Å². The van der Waals surface area contributed by atoms with E-state index in [2.05, 4.69) is 30.5 Å². The summed E-state index contributed by atoms with van der Waals surface area (Å²) in [5.74, 6) is -0.306. The Balaban J connectivity index is 2.22. The van der Waals surface area contributed by atoms with Gasteiger partial charge in [-0.15, -0.1) is 0 Å². The van der Waals surface area contributed by atoms with Crippen LogP contribution in [-0.4, -0.2) is 17.1 Å². The minimum Gasteiger partial charge on any atom is -0.462 e. The van der Waals surface area contributed by atoms with Crippen LogP contribution in [0.5, 0.6) is 0 Å². The van der Waals surface area contributed by atoms with Gasteiger partial charge < -0.3 is 9.30 Å². The van der Waals surface area contributed by atoms with Gasteiger partial charge in [0.05, 0.1) is 12.3 Å². The lowest BCUT2D eigenvalue weighted by Gasteiger charge is -2.15. The molecule has 1 heterocycles. The predicted octanol–water partition coefficient (Wildman–Crippen LogP) is 6.63. The molecule has 29 heavy (non-hydrogen) atoms. The Morgan fingerprint density at radius 3 is 2.34 bits per heavy atom. The fourth-order valence-corrected chi connectivity index (χ4v) is 3.52. The molecule has 0 aliphatic heterocycles. The van der Waals surface area contributed by atoms with Gasteiger partial charge in [0.1, 0.15) is 5.82 Å². The molecule has 0 unspecified atom stereocenters. The number of ether oxygens (including phenoxy) is 1. The van der Waals surface area contributed by atoms with Gasteiger partial charge in [-0.3, -0.25) is 0 Å². The standard InChI is InChI=1S/C25H28FNO2/c1-16(2)15-29-25(28)18(5)14-23-24(19-10-12-20(26)13-11-19)21-8-6-7-9-22(21)27(23)17(3)4/h6-14,16-17H,15H2,1-5H3. The topological polar surface area (TPSA) is 31.2 Å². The summed E-state index contributed by atoms with van der Waals surface area (Å²) < 4.78 is 21.2. The summed E-state index contributed by atoms with van der Waals surface area (Å²) in [6.45, 7) is 10.4. The molecule has 3 rings (SSSR count). The SMILES string of the molecule is CC(=Cc1c(-c2ccc(F)cc2)c2ccccc2n1C(C)C)C(=O)OCC(C)C. The molecule has 0 saturated carbocycles. The van der Waals surface area contributed by atoms with Crippen molar-refractivity contribution in [2.75, 3.05) is 6.61 Å². The Bertz CT molecular complexity index is 1040. The first-order valence-corrected chi connectivity index (χ1v) is 10.0. The molecule has 0 aliphatic carbocycles. The van der Waals surface area contributed by atoms with Gasteiger partial charge in [0.15, 0.2) is 0 Å². The molecule has 0 radical (unpaired) electrons. The van der Waals surface area contributed by atoms with Crippen LogP contribution in [0.15, 0.2) is 54.1 Å². The molecule has 0 spiro atoms. The molecule has 152 valence electrons. The average molecular weight is 394 g/mol. The van der Waals surface area contributed by atoms with Crippen molar-refractivity contribution in [3.8, 4) is 11.1 Å². The molecule has 0 saturated heterocycles. The monoisotopic (exact) mass is 393 g/mol. The van der Waals surface area contributed by atoms with Gasteiger partial charge in [-0.2, -0.15) is 0 Å². The minimum absolute atomic E-state index is 0.180. The van der Waals surface area contributed by atoms with Crippen molar-refractivity contribution in [1.82, 2.24) is 4.57 Å². The molecule has 0 bridgehead atoms. The second-order valence-electron chi connectivity index (χ2n) is 8.07. The maximum absolute atomic E-state index is 13.5. The number of rotatable bonds is 6. The van der Waals surface area contributed by atoms with Crippen molar-refractivity contribution in [1.29, 1.82) is 0 Å². The number of nitrogens with zero attached hydrogens (tertiary/aromatic N) is 1. The molecular weight excluding hydrogens is 365 g/mol. The second-order valence-corrected chi connectivity index (χ2v) is 8.07. The third kappa shape index (κ3) is 4.42. The van der Waals surface area contributed by atoms with Gasteiger partial charge in [-0.1, -0.05) is 44.2 Å². The fourth-order valence-electron chi connectivity index (χ4n) is 3.52. The molecule has 3 nitrogen and oxygen atoms in total. The Kier molecular flexibility index (Phi) is 6.21. The van der Waals surface area contributed by atoms with Gasteiger partial charge in [-0.05, 0) is 56.5 Å². The largest absolute Gasteiger partial charge is 0.462 e. The van der Waals surface area contributed by atoms with E-state index < -0.39 is 0 Å². The highest BCUT2D eigenvalue weighted by molar-refractivity contribution is 6.03. The maximum atomic E-state index is 13.5. The van der Waals surface area contributed by atoms with E-state index in [9.17, 15) is 9.18 Å². The molecule has 3 aromatic rings. The van der Waals surface area contributed by atoms with E-state index in [1.54, 1.807) is 19.1 Å². The number of hydrogen-bond acceptors (Lipinski definition) is 2. The van der Waals surface area contributed by atoms with E-state index in [0.29, 0.717) is 12.2 Å². The lowest BCUT2D eigenvalue weighted by atomic mass is 10.0. The van der Waals surface area contributed by atoms with Crippen molar-refractivity contribution in [3.05, 3.63) is 65.6 Å². The summed E-state index contributed by atoms with van der Waals surface area (Å²) in [7, 11) is 0. The van der Waals surface area contributed by atoms with Crippen LogP contribution >= 0.6 is 0 Å². The number of para-hydroxylation sites is 1. The van der Waals surface area contributed by atoms with E-state index in [4.69, 9.17) is 4.74 Å². The molecule has 0 fully saturated rings. The van der Waals surface area contributed by atoms with Crippen molar-refractivity contribution < 1.29 is 13.9 Å². The first-order chi connectivity index (χ1) is 13.8. The number of halogens is 1. The highest BCUT2D eigenvalue weighted by Gasteiger charge is 2.20. The van der Waals surface area contributed by atoms with Crippen LogP contribution in [0, 0.1) is 11.7 Å². The predicted molar refractivity (Wildman–Crippen MR) is 117 cm³/mol. The third-order valence-corrected chi connectivity index (χ3v) is 4.82. The van der Waals surface area contributed by atoms with E-state index in [-0.39, 0.29) is 23.7 Å². The van der Waals surface area contributed by atoms with Crippen LogP contribution in [0.1, 0.15) is 46.4 Å². The zero-order valence-electron chi connectivity index (χ0n) is 17.7. The summed E-state index contributed by atoms with van der Waals surface area (Å²) in [4.78, 5) is 12.5. The number of aromatic nitrogens is 1. The molecule has 0 aliphatic rings. The number of fused-ring (bicyclic) bond motifs is 1. The Morgan fingerprint density at radius 2 is 1.72 bits per heavy atom. The second kappa shape index (κ2) is 8.64. The number of carbonyl (C=O) groups excluding carboxylic acids is 1. The summed E-state index contributed by atoms with van der Waals surface area (Å²) >= 11 is 0. The molecule has 4 heteroatoms. The Morgan fingerprint density at radius 1 is 1.07 bits per heavy atom. The van der Waals surface area contributed by atoms with Gasteiger partial charge >= 0.3 is 5.97 Å². The highest BCUT2D eigenvalue weighted by Crippen LogP contribution is 2.38. The van der Waals surface area contributed by atoms with Crippen molar-refractivity contribution in [3.63, 3.8) is 0 Å². The van der Waals surface area contributed by atoms with Crippen molar-refractivity contribution in [2.45, 2.75) is 40.7 Å². The van der Waals surface area contributed by atoms with Crippen LogP contribution in [0.25, 0.3) is 28.1 Å². The molecular formula is C25H28FNO2. The van der Waals surface area contributed by atoms with E-state index in [1.165, 1.54) is 12.1 Å². The van der Waals surface area contributed by atoms with E-state index in [0.717, 1.165) is 27.7 Å². The lowest BCUT2D eigenvalue weighted by molar-refractivity contribution is -0.139. The molecule has 2 aromatic carbocycles. The zero-order valence-corrected chi connectivity index (χ0v) is 17.7. The number of esters is 1. The van der Waals surface area contributed by atoms with Crippen LogP contribution < -0.4 is 0 Å². The quantitative estimate of drug-likeness (QED) is 0.348. The third-order valence-electron chi connectivity index (χ3n) is 4.82. The van der Waals surface area contributed by atoms with E-state index >= 15 is 0 Å². The summed E-state index contributed by atoms with van der Waals surface area (Å²) in [6.07, 6.45) is 1.89. The van der Waals surface area contributed by atoms with Gasteiger partial charge in [0.2, 0.25) is 0 Å². The van der Waals surface area contributed by atoms with Gasteiger partial charge in [-0.25, -0.2) is 9.18 Å². The minimum atomic E-state index is -0.315. The van der Waals surface area contributed by atoms with Crippen LogP contribution in [-0.2, 0) is 9.53 Å². The summed E-state index contributed by atoms with van der Waals surface area (Å²) in [5.41, 5.74) is 4.45. The van der Waals surface area contributed by atoms with Crippen molar-refractivity contribution >= 4 is 22.9 Å². The van der Waals surface area contributed by atoms with E-state index in [1.807, 2.05) is 32.1 Å². The maximum Gasteiger partial charge on any atom is 0.333 e. The zero-order chi connectivity index (χ0) is 21.1. The van der Waals surface area contributed by atoms with Crippen LogP contribution in [0.2, 0.25) is 0 Å². The summed E-state index contributed by atoms with van der Waals surface area (Å²) in [6, 6.07) is 14.8. The Labute approximate surface area is 171 Å². The first-order valence-electron chi connectivity index (χ1n) is 10.0. The smallest absolute Gasteiger partial charge is 0.333 e. The Hall–Kier alpha value is -2.88. The number of benzene rings is 2. The van der Waals surface area contributed by atoms with Gasteiger partial charge in [0.25, 0.3) is 0 Å². The average Bonchev–Trinajstić information content (AvgIpc) is 3.00.